The summed E-state index contributed by atoms with van der Waals surface area (Å²) in [5.41, 5.74) is 2.73. The van der Waals surface area contributed by atoms with Crippen molar-refractivity contribution in [2.24, 2.45) is 5.10 Å². The van der Waals surface area contributed by atoms with Gasteiger partial charge in [-0.15, -0.1) is 10.2 Å². The van der Waals surface area contributed by atoms with Crippen LogP contribution in [0.5, 0.6) is 0 Å². The zero-order chi connectivity index (χ0) is 13.7. The van der Waals surface area contributed by atoms with Gasteiger partial charge in [0, 0.05) is 0 Å². The third-order valence-corrected chi connectivity index (χ3v) is 1.94. The van der Waals surface area contributed by atoms with Gasteiger partial charge in [0.25, 0.3) is 0 Å². The molecule has 19 heavy (non-hydrogen) atoms. The number of hydrogen-bond acceptors (Lipinski definition) is 8. The molecule has 0 saturated carbocycles. The fourth-order valence-corrected chi connectivity index (χ4v) is 1.12. The van der Waals surface area contributed by atoms with E-state index in [9.17, 15) is 10.1 Å². The van der Waals surface area contributed by atoms with Gasteiger partial charge in [0.2, 0.25) is 0 Å². The van der Waals surface area contributed by atoms with Crippen LogP contribution >= 0.6 is 0 Å². The van der Waals surface area contributed by atoms with Crippen molar-refractivity contribution in [2.45, 2.75) is 0 Å². The third-order valence-electron chi connectivity index (χ3n) is 1.94. The van der Waals surface area contributed by atoms with Gasteiger partial charge in [-0.3, -0.25) is 15.5 Å². The number of rotatable bonds is 4. The molecular weight excluding hydrogens is 252 g/mol. The zero-order valence-corrected chi connectivity index (χ0v) is 9.35. The van der Waals surface area contributed by atoms with Gasteiger partial charge in [-0.1, -0.05) is 0 Å². The van der Waals surface area contributed by atoms with Crippen LogP contribution in [0.1, 0.15) is 11.5 Å². The largest absolute Gasteiger partial charge is 0.433 e. The predicted molar refractivity (Wildman–Crippen MR) is 63.3 cm³/mol. The highest BCUT2D eigenvalue weighted by Gasteiger charge is 2.10. The van der Waals surface area contributed by atoms with Gasteiger partial charge in [0.15, 0.2) is 17.3 Å². The molecule has 0 saturated heterocycles. The number of nitro groups is 1. The summed E-state index contributed by atoms with van der Waals surface area (Å²) in [6.45, 7) is 0. The Morgan fingerprint density at radius 3 is 2.84 bits per heavy atom. The number of aromatic nitrogens is 2. The Hall–Kier alpha value is -3.28. The van der Waals surface area contributed by atoms with Crippen LogP contribution in [-0.4, -0.2) is 21.3 Å². The summed E-state index contributed by atoms with van der Waals surface area (Å²) in [6.07, 6.45) is 1.26. The highest BCUT2D eigenvalue weighted by Crippen LogP contribution is 2.13. The fourth-order valence-electron chi connectivity index (χ4n) is 1.12. The second-order valence-corrected chi connectivity index (χ2v) is 3.22. The van der Waals surface area contributed by atoms with E-state index in [1.807, 2.05) is 6.07 Å². The molecule has 0 amide bonds. The summed E-state index contributed by atoms with van der Waals surface area (Å²) in [4.78, 5) is 9.73. The van der Waals surface area contributed by atoms with Crippen LogP contribution in [0.25, 0.3) is 0 Å². The first-order valence-corrected chi connectivity index (χ1v) is 4.96. The van der Waals surface area contributed by atoms with Gasteiger partial charge in [-0.25, -0.2) is 0 Å². The lowest BCUT2D eigenvalue weighted by Crippen LogP contribution is -1.96. The van der Waals surface area contributed by atoms with Gasteiger partial charge in [-0.05, 0) is 18.2 Å². The Kier molecular flexibility index (Phi) is 3.44. The Morgan fingerprint density at radius 2 is 2.26 bits per heavy atom. The lowest BCUT2D eigenvalue weighted by atomic mass is 10.4. The maximum Gasteiger partial charge on any atom is 0.433 e. The standard InChI is InChI=1S/C10H6N6O3/c11-5-7-1-3-9(15-13-7)14-12-6-8-2-4-10(19-8)16(17)18/h1-4,6H,(H,14,15). The van der Waals surface area contributed by atoms with Gasteiger partial charge in [0.05, 0.1) is 12.3 Å². The highest BCUT2D eigenvalue weighted by molar-refractivity contribution is 5.76. The summed E-state index contributed by atoms with van der Waals surface area (Å²) in [6, 6.07) is 7.46. The van der Waals surface area contributed by atoms with Crippen LogP contribution < -0.4 is 5.43 Å². The number of hydrazone groups is 1. The molecule has 0 unspecified atom stereocenters. The number of anilines is 1. The summed E-state index contributed by atoms with van der Waals surface area (Å²) < 4.78 is 4.85. The van der Waals surface area contributed by atoms with Gasteiger partial charge in [-0.2, -0.15) is 10.4 Å². The van der Waals surface area contributed by atoms with Crippen molar-refractivity contribution in [2.75, 3.05) is 5.43 Å². The summed E-state index contributed by atoms with van der Waals surface area (Å²) in [7, 11) is 0. The smallest absolute Gasteiger partial charge is 0.400 e. The summed E-state index contributed by atoms with van der Waals surface area (Å²) in [5.74, 6) is 0.191. The average molecular weight is 258 g/mol. The molecule has 2 aromatic rings. The Morgan fingerprint density at radius 1 is 1.42 bits per heavy atom. The number of hydrogen-bond donors (Lipinski definition) is 1. The van der Waals surface area contributed by atoms with Crippen molar-refractivity contribution >= 4 is 17.9 Å². The molecule has 0 bridgehead atoms. The van der Waals surface area contributed by atoms with Gasteiger partial charge >= 0.3 is 5.88 Å². The van der Waals surface area contributed by atoms with E-state index in [0.29, 0.717) is 5.82 Å². The minimum atomic E-state index is -0.642. The van der Waals surface area contributed by atoms with Gasteiger partial charge < -0.3 is 4.42 Å². The topological polar surface area (TPSA) is 130 Å². The average Bonchev–Trinajstić information content (AvgIpc) is 2.89. The van der Waals surface area contributed by atoms with E-state index >= 15 is 0 Å². The van der Waals surface area contributed by atoms with E-state index in [1.54, 1.807) is 0 Å². The summed E-state index contributed by atoms with van der Waals surface area (Å²) >= 11 is 0. The molecule has 0 radical (unpaired) electrons. The first-order valence-electron chi connectivity index (χ1n) is 4.96. The van der Waals surface area contributed by atoms with Crippen molar-refractivity contribution in [3.8, 4) is 6.07 Å². The SMILES string of the molecule is N#Cc1ccc(NN=Cc2ccc([N+](=O)[O-])o2)nn1. The van der Waals surface area contributed by atoms with Crippen molar-refractivity contribution < 1.29 is 9.34 Å². The second-order valence-electron chi connectivity index (χ2n) is 3.22. The second kappa shape index (κ2) is 5.37. The van der Waals surface area contributed by atoms with E-state index < -0.39 is 4.92 Å². The van der Waals surface area contributed by atoms with Crippen LogP contribution in [0.2, 0.25) is 0 Å². The molecule has 9 nitrogen and oxygen atoms in total. The normalized spacial score (nSPS) is 10.3. The molecule has 0 aromatic carbocycles. The van der Waals surface area contributed by atoms with Crippen LogP contribution in [0, 0.1) is 21.4 Å². The monoisotopic (exact) mass is 258 g/mol. The number of nitrogens with zero attached hydrogens (tertiary/aromatic N) is 5. The highest BCUT2D eigenvalue weighted by atomic mass is 16.6. The van der Waals surface area contributed by atoms with Crippen LogP contribution in [0.4, 0.5) is 11.7 Å². The molecule has 9 heteroatoms. The van der Waals surface area contributed by atoms with Crippen molar-refractivity contribution in [3.05, 3.63) is 45.8 Å². The molecule has 2 aromatic heterocycles. The molecule has 94 valence electrons. The van der Waals surface area contributed by atoms with Crippen LogP contribution in [0.3, 0.4) is 0 Å². The van der Waals surface area contributed by atoms with Crippen molar-refractivity contribution in [3.63, 3.8) is 0 Å². The maximum absolute atomic E-state index is 10.4. The number of furan rings is 1. The third kappa shape index (κ3) is 3.10. The Balaban J connectivity index is 1.98. The molecule has 0 aliphatic heterocycles. The van der Waals surface area contributed by atoms with Gasteiger partial charge in [0.1, 0.15) is 11.0 Å². The minimum Gasteiger partial charge on any atom is -0.400 e. The first kappa shape index (κ1) is 12.2. The number of nitrogens with one attached hydrogen (secondary N) is 1. The zero-order valence-electron chi connectivity index (χ0n) is 9.35. The quantitative estimate of drug-likeness (QED) is 0.496. The predicted octanol–water partition coefficient (Wildman–Crippen LogP) is 1.30. The van der Waals surface area contributed by atoms with Crippen molar-refractivity contribution in [1.29, 1.82) is 5.26 Å². The molecule has 1 N–H and O–H groups in total. The molecule has 0 aliphatic rings. The molecular formula is C10H6N6O3. The van der Waals surface area contributed by atoms with E-state index in [2.05, 4.69) is 20.7 Å². The Bertz CT molecular complexity index is 655. The van der Waals surface area contributed by atoms with E-state index in [0.717, 1.165) is 0 Å². The molecule has 0 aliphatic carbocycles. The number of nitriles is 1. The van der Waals surface area contributed by atoms with E-state index in [4.69, 9.17) is 9.68 Å². The molecule has 0 atom stereocenters. The molecule has 0 fully saturated rings. The Labute approximate surface area is 106 Å². The first-order chi connectivity index (χ1) is 9.19. The maximum atomic E-state index is 10.4. The van der Waals surface area contributed by atoms with Crippen LogP contribution in [-0.2, 0) is 0 Å². The fraction of sp³-hybridized carbons (Fsp3) is 0. The van der Waals surface area contributed by atoms with E-state index in [1.165, 1.54) is 30.5 Å². The lowest BCUT2D eigenvalue weighted by Gasteiger charge is -1.95. The lowest BCUT2D eigenvalue weighted by molar-refractivity contribution is -0.402. The molecule has 2 heterocycles. The molecule has 2 rings (SSSR count). The minimum absolute atomic E-state index is 0.191. The van der Waals surface area contributed by atoms with E-state index in [-0.39, 0.29) is 17.3 Å². The van der Waals surface area contributed by atoms with Crippen molar-refractivity contribution in [1.82, 2.24) is 10.2 Å². The molecule has 0 spiro atoms. The summed E-state index contributed by atoms with van der Waals surface area (Å²) in [5, 5.41) is 29.9. The van der Waals surface area contributed by atoms with Crippen LogP contribution in [0.15, 0.2) is 33.8 Å².